The quantitative estimate of drug-likeness (QED) is 0.609. The van der Waals surface area contributed by atoms with Crippen LogP contribution in [0.3, 0.4) is 0 Å². The van der Waals surface area contributed by atoms with Gasteiger partial charge in [-0.05, 0) is 34.0 Å². The van der Waals surface area contributed by atoms with E-state index >= 15 is 0 Å². The highest BCUT2D eigenvalue weighted by atomic mass is 32.2. The van der Waals surface area contributed by atoms with E-state index in [4.69, 9.17) is 0 Å². The normalized spacial score (nSPS) is 17.1. The van der Waals surface area contributed by atoms with Crippen molar-refractivity contribution in [2.75, 3.05) is 53.1 Å². The van der Waals surface area contributed by atoms with E-state index in [1.165, 1.54) is 11.8 Å². The second kappa shape index (κ2) is 10.3. The number of aromatic nitrogens is 3. The third-order valence-corrected chi connectivity index (χ3v) is 5.92. The maximum Gasteiger partial charge on any atom is 0.233 e. The predicted molar refractivity (Wildman–Crippen MR) is 106 cm³/mol. The van der Waals surface area contributed by atoms with Crippen LogP contribution in [-0.2, 0) is 11.3 Å². The number of hydrogen-bond acceptors (Lipinski definition) is 6. The van der Waals surface area contributed by atoms with Crippen molar-refractivity contribution < 1.29 is 4.79 Å². The van der Waals surface area contributed by atoms with Crippen molar-refractivity contribution in [1.29, 1.82) is 0 Å². The molecule has 0 aromatic carbocycles. The summed E-state index contributed by atoms with van der Waals surface area (Å²) in [4.78, 5) is 18.9. The topological polar surface area (TPSA) is 57.5 Å². The van der Waals surface area contributed by atoms with Crippen molar-refractivity contribution >= 4 is 17.7 Å². The zero-order chi connectivity index (χ0) is 19.1. The first-order valence-corrected chi connectivity index (χ1v) is 10.6. The molecule has 1 fully saturated rings. The van der Waals surface area contributed by atoms with Crippen molar-refractivity contribution in [2.45, 2.75) is 50.9 Å². The van der Waals surface area contributed by atoms with Gasteiger partial charge in [-0.25, -0.2) is 0 Å². The van der Waals surface area contributed by atoms with Gasteiger partial charge in [0.1, 0.15) is 0 Å². The molecule has 0 N–H and O–H groups in total. The molecule has 26 heavy (non-hydrogen) atoms. The van der Waals surface area contributed by atoms with Gasteiger partial charge in [-0.2, -0.15) is 0 Å². The van der Waals surface area contributed by atoms with Crippen molar-refractivity contribution in [2.24, 2.45) is 0 Å². The third kappa shape index (κ3) is 5.44. The molecule has 1 atom stereocenters. The van der Waals surface area contributed by atoms with E-state index in [2.05, 4.69) is 59.6 Å². The predicted octanol–water partition coefficient (Wildman–Crippen LogP) is 1.96. The van der Waals surface area contributed by atoms with Gasteiger partial charge in [-0.3, -0.25) is 9.69 Å². The summed E-state index contributed by atoms with van der Waals surface area (Å²) in [6.45, 7) is 8.82. The highest BCUT2D eigenvalue weighted by Gasteiger charge is 2.24. The first-order valence-electron chi connectivity index (χ1n) is 9.66. The Balaban J connectivity index is 2.05. The number of nitrogens with zero attached hydrogens (tertiary/aromatic N) is 6. The molecule has 2 rings (SSSR count). The summed E-state index contributed by atoms with van der Waals surface area (Å²) >= 11 is 1.53. The Labute approximate surface area is 162 Å². The summed E-state index contributed by atoms with van der Waals surface area (Å²) in [5.41, 5.74) is 0. The molecule has 1 aromatic heterocycles. The molecule has 1 unspecified atom stereocenters. The molecule has 1 aromatic rings. The van der Waals surface area contributed by atoms with Crippen molar-refractivity contribution in [1.82, 2.24) is 29.5 Å². The van der Waals surface area contributed by atoms with Gasteiger partial charge >= 0.3 is 0 Å². The number of unbranched alkanes of at least 4 members (excludes halogenated alkanes) is 1. The number of likely N-dealkylation sites (N-methyl/N-ethyl adjacent to an activating group) is 1. The second-order valence-corrected chi connectivity index (χ2v) is 8.15. The average Bonchev–Trinajstić information content (AvgIpc) is 3.01. The molecule has 1 amide bonds. The Morgan fingerprint density at radius 1 is 1.19 bits per heavy atom. The monoisotopic (exact) mass is 382 g/mol. The lowest BCUT2D eigenvalue weighted by molar-refractivity contribution is -0.129. The van der Waals surface area contributed by atoms with Gasteiger partial charge in [0.05, 0.1) is 11.8 Å². The van der Waals surface area contributed by atoms with Crippen LogP contribution >= 0.6 is 11.8 Å². The van der Waals surface area contributed by atoms with E-state index in [0.29, 0.717) is 5.75 Å². The zero-order valence-electron chi connectivity index (χ0n) is 16.9. The molecule has 0 radical (unpaired) electrons. The Hall–Kier alpha value is -1.12. The Morgan fingerprint density at radius 2 is 1.88 bits per heavy atom. The van der Waals surface area contributed by atoms with Gasteiger partial charge < -0.3 is 14.4 Å². The number of piperazine rings is 1. The van der Waals surface area contributed by atoms with Crippen LogP contribution < -0.4 is 0 Å². The second-order valence-electron chi connectivity index (χ2n) is 7.21. The first kappa shape index (κ1) is 21.2. The maximum absolute atomic E-state index is 12.5. The van der Waals surface area contributed by atoms with E-state index in [-0.39, 0.29) is 11.9 Å². The molecule has 148 valence electrons. The van der Waals surface area contributed by atoms with Crippen LogP contribution in [0.5, 0.6) is 0 Å². The zero-order valence-corrected chi connectivity index (χ0v) is 17.8. The molecule has 0 saturated carbocycles. The number of carbonyl (C=O) groups is 1. The summed E-state index contributed by atoms with van der Waals surface area (Å²) in [5, 5.41) is 9.77. The lowest BCUT2D eigenvalue weighted by Gasteiger charge is -2.32. The van der Waals surface area contributed by atoms with Gasteiger partial charge in [0.15, 0.2) is 11.0 Å². The SMILES string of the molecule is CCCCn1c(SCC(=O)N2CCN(C)CC2)nnc1C(CC)N(C)C. The van der Waals surface area contributed by atoms with Gasteiger partial charge in [-0.15, -0.1) is 10.2 Å². The summed E-state index contributed by atoms with van der Waals surface area (Å²) < 4.78 is 2.22. The maximum atomic E-state index is 12.5. The Morgan fingerprint density at radius 3 is 2.46 bits per heavy atom. The first-order chi connectivity index (χ1) is 12.5. The molecule has 0 aliphatic carbocycles. The van der Waals surface area contributed by atoms with E-state index < -0.39 is 0 Å². The van der Waals surface area contributed by atoms with Crippen LogP contribution in [-0.4, -0.2) is 88.4 Å². The van der Waals surface area contributed by atoms with Gasteiger partial charge in [0.25, 0.3) is 0 Å². The minimum Gasteiger partial charge on any atom is -0.339 e. The summed E-state index contributed by atoms with van der Waals surface area (Å²) in [7, 11) is 6.26. The summed E-state index contributed by atoms with van der Waals surface area (Å²) in [5.74, 6) is 1.65. The largest absolute Gasteiger partial charge is 0.339 e. The van der Waals surface area contributed by atoms with Crippen molar-refractivity contribution in [3.05, 3.63) is 5.82 Å². The van der Waals surface area contributed by atoms with Gasteiger partial charge in [-0.1, -0.05) is 32.0 Å². The van der Waals surface area contributed by atoms with Crippen molar-refractivity contribution in [3.8, 4) is 0 Å². The fourth-order valence-corrected chi connectivity index (χ4v) is 4.11. The van der Waals surface area contributed by atoms with Crippen LogP contribution in [0, 0.1) is 0 Å². The third-order valence-electron chi connectivity index (χ3n) is 4.97. The molecular formula is C18H34N6OS. The van der Waals surface area contributed by atoms with Crippen molar-refractivity contribution in [3.63, 3.8) is 0 Å². The van der Waals surface area contributed by atoms with Gasteiger partial charge in [0.2, 0.25) is 5.91 Å². The lowest BCUT2D eigenvalue weighted by Crippen LogP contribution is -2.47. The minimum atomic E-state index is 0.203. The number of carbonyl (C=O) groups excluding carboxylic acids is 1. The lowest BCUT2D eigenvalue weighted by atomic mass is 10.2. The van der Waals surface area contributed by atoms with E-state index in [0.717, 1.165) is 63.0 Å². The highest BCUT2D eigenvalue weighted by molar-refractivity contribution is 7.99. The Bertz CT molecular complexity index is 568. The summed E-state index contributed by atoms with van der Waals surface area (Å²) in [6, 6.07) is 0.252. The average molecular weight is 383 g/mol. The molecule has 1 aliphatic heterocycles. The van der Waals surface area contributed by atoms with Crippen LogP contribution in [0.25, 0.3) is 0 Å². The van der Waals surface area contributed by atoms with Crippen LogP contribution in [0.15, 0.2) is 5.16 Å². The number of hydrogen-bond donors (Lipinski definition) is 0. The minimum absolute atomic E-state index is 0.203. The van der Waals surface area contributed by atoms with E-state index in [1.54, 1.807) is 0 Å². The molecule has 1 saturated heterocycles. The molecular weight excluding hydrogens is 348 g/mol. The molecule has 7 nitrogen and oxygen atoms in total. The van der Waals surface area contributed by atoms with Gasteiger partial charge in [0, 0.05) is 32.7 Å². The number of thioether (sulfide) groups is 1. The number of rotatable bonds is 9. The van der Waals surface area contributed by atoms with Crippen LogP contribution in [0.4, 0.5) is 0 Å². The van der Waals surface area contributed by atoms with E-state index in [9.17, 15) is 4.79 Å². The number of amides is 1. The smallest absolute Gasteiger partial charge is 0.233 e. The molecule has 0 spiro atoms. The summed E-state index contributed by atoms with van der Waals surface area (Å²) in [6.07, 6.45) is 3.21. The fraction of sp³-hybridized carbons (Fsp3) is 0.833. The standard InChI is InChI=1S/C18H34N6OS/c1-6-8-9-24-17(15(7-2)21(3)4)19-20-18(24)26-14-16(25)23-12-10-22(5)11-13-23/h15H,6-14H2,1-5H3. The molecule has 1 aliphatic rings. The molecule has 8 heteroatoms. The van der Waals surface area contributed by atoms with Crippen LogP contribution in [0.1, 0.15) is 45.0 Å². The van der Waals surface area contributed by atoms with Crippen LogP contribution in [0.2, 0.25) is 0 Å². The molecule has 2 heterocycles. The molecule has 0 bridgehead atoms. The fourth-order valence-electron chi connectivity index (χ4n) is 3.23. The Kier molecular flexibility index (Phi) is 8.37. The highest BCUT2D eigenvalue weighted by Crippen LogP contribution is 2.26. The van der Waals surface area contributed by atoms with E-state index in [1.807, 2.05) is 4.90 Å².